The van der Waals surface area contributed by atoms with Gasteiger partial charge in [0.25, 0.3) is 0 Å². The number of carbonyl (C=O) groups is 1. The Balaban J connectivity index is 2.61. The maximum atomic E-state index is 11.7. The summed E-state index contributed by atoms with van der Waals surface area (Å²) in [6.45, 7) is 2.33. The lowest BCUT2D eigenvalue weighted by molar-refractivity contribution is -0.121. The van der Waals surface area contributed by atoms with Gasteiger partial charge in [0, 0.05) is 6.54 Å². The third kappa shape index (κ3) is 4.17. The van der Waals surface area contributed by atoms with E-state index in [1.165, 1.54) is 0 Å². The summed E-state index contributed by atoms with van der Waals surface area (Å²) in [5.41, 5.74) is 7.54. The molecule has 4 nitrogen and oxygen atoms in total. The molecule has 0 bridgehead atoms. The summed E-state index contributed by atoms with van der Waals surface area (Å²) in [7, 11) is 0. The Kier molecular flexibility index (Phi) is 5.66. The highest BCUT2D eigenvalue weighted by Gasteiger charge is 2.11. The van der Waals surface area contributed by atoms with Crippen LogP contribution < -0.4 is 11.1 Å². The van der Waals surface area contributed by atoms with Crippen LogP contribution in [0.25, 0.3) is 0 Å². The quantitative estimate of drug-likeness (QED) is 0.676. The number of hydrogen-bond acceptors (Lipinski definition) is 3. The minimum Gasteiger partial charge on any atom is -0.394 e. The van der Waals surface area contributed by atoms with Gasteiger partial charge in [-0.25, -0.2) is 0 Å². The fourth-order valence-corrected chi connectivity index (χ4v) is 1.66. The molecule has 1 rings (SSSR count). The van der Waals surface area contributed by atoms with Crippen LogP contribution in [0.2, 0.25) is 0 Å². The molecule has 17 heavy (non-hydrogen) atoms. The minimum atomic E-state index is -0.160. The van der Waals surface area contributed by atoms with Gasteiger partial charge in [-0.2, -0.15) is 0 Å². The number of rotatable bonds is 6. The highest BCUT2D eigenvalue weighted by atomic mass is 16.3. The van der Waals surface area contributed by atoms with Gasteiger partial charge in [0.2, 0.25) is 5.91 Å². The number of nitrogens with two attached hydrogens (primary N) is 1. The summed E-state index contributed by atoms with van der Waals surface area (Å²) in [5, 5.41) is 11.8. The summed E-state index contributed by atoms with van der Waals surface area (Å²) in [4.78, 5) is 11.7. The van der Waals surface area contributed by atoms with E-state index in [2.05, 4.69) is 5.32 Å². The van der Waals surface area contributed by atoms with Crippen LogP contribution in [0.4, 0.5) is 0 Å². The molecule has 0 fully saturated rings. The lowest BCUT2D eigenvalue weighted by Crippen LogP contribution is -2.38. The Morgan fingerprint density at radius 1 is 1.41 bits per heavy atom. The number of aliphatic hydroxyl groups is 1. The van der Waals surface area contributed by atoms with Crippen molar-refractivity contribution in [3.05, 3.63) is 35.4 Å². The van der Waals surface area contributed by atoms with Gasteiger partial charge in [-0.1, -0.05) is 31.2 Å². The first kappa shape index (κ1) is 13.7. The second kappa shape index (κ2) is 7.04. The first-order valence-corrected chi connectivity index (χ1v) is 5.88. The zero-order valence-corrected chi connectivity index (χ0v) is 10.1. The number of nitrogens with one attached hydrogen (secondary N) is 1. The van der Waals surface area contributed by atoms with Crippen molar-refractivity contribution in [3.8, 4) is 0 Å². The van der Waals surface area contributed by atoms with Gasteiger partial charge >= 0.3 is 0 Å². The van der Waals surface area contributed by atoms with Crippen molar-refractivity contribution in [1.82, 2.24) is 5.32 Å². The number of aliphatic hydroxyl groups excluding tert-OH is 1. The minimum absolute atomic E-state index is 0.0270. The summed E-state index contributed by atoms with van der Waals surface area (Å²) < 4.78 is 0. The molecule has 1 amide bonds. The molecule has 0 radical (unpaired) electrons. The van der Waals surface area contributed by atoms with Gasteiger partial charge in [0.1, 0.15) is 0 Å². The third-order valence-corrected chi connectivity index (χ3v) is 2.77. The van der Waals surface area contributed by atoms with Gasteiger partial charge in [-0.3, -0.25) is 4.79 Å². The van der Waals surface area contributed by atoms with Gasteiger partial charge in [0.15, 0.2) is 0 Å². The summed E-state index contributed by atoms with van der Waals surface area (Å²) in [6.07, 6.45) is 1.03. The molecule has 0 spiro atoms. The van der Waals surface area contributed by atoms with Crippen molar-refractivity contribution in [2.45, 2.75) is 32.4 Å². The molecule has 1 aromatic rings. The van der Waals surface area contributed by atoms with Crippen molar-refractivity contribution in [2.24, 2.45) is 5.73 Å². The van der Waals surface area contributed by atoms with Crippen LogP contribution in [0.5, 0.6) is 0 Å². The van der Waals surface area contributed by atoms with E-state index in [1.807, 2.05) is 31.2 Å². The van der Waals surface area contributed by atoms with Crippen molar-refractivity contribution < 1.29 is 9.90 Å². The molecule has 0 heterocycles. The van der Waals surface area contributed by atoms with Gasteiger partial charge in [0.05, 0.1) is 19.1 Å². The van der Waals surface area contributed by atoms with E-state index in [0.717, 1.165) is 17.5 Å². The lowest BCUT2D eigenvalue weighted by Gasteiger charge is -2.14. The van der Waals surface area contributed by atoms with Crippen molar-refractivity contribution in [1.29, 1.82) is 0 Å². The largest absolute Gasteiger partial charge is 0.394 e. The zero-order chi connectivity index (χ0) is 12.7. The third-order valence-electron chi connectivity index (χ3n) is 2.77. The summed E-state index contributed by atoms with van der Waals surface area (Å²) in [6, 6.07) is 7.47. The molecule has 4 heteroatoms. The maximum Gasteiger partial charge on any atom is 0.224 e. The Bertz CT molecular complexity index is 362. The fraction of sp³-hybridized carbons (Fsp3) is 0.462. The summed E-state index contributed by atoms with van der Waals surface area (Å²) >= 11 is 0. The Morgan fingerprint density at radius 2 is 2.06 bits per heavy atom. The molecule has 0 aliphatic heterocycles. The first-order chi connectivity index (χ1) is 8.21. The van der Waals surface area contributed by atoms with Crippen molar-refractivity contribution in [2.75, 3.05) is 6.61 Å². The molecule has 1 atom stereocenters. The van der Waals surface area contributed by atoms with Gasteiger partial charge in [-0.05, 0) is 17.5 Å². The molecule has 1 aromatic carbocycles. The van der Waals surface area contributed by atoms with E-state index in [9.17, 15) is 4.79 Å². The van der Waals surface area contributed by atoms with Crippen LogP contribution in [-0.2, 0) is 17.8 Å². The Labute approximate surface area is 102 Å². The molecule has 0 aliphatic rings. The average molecular weight is 236 g/mol. The smallest absolute Gasteiger partial charge is 0.224 e. The van der Waals surface area contributed by atoms with Gasteiger partial charge < -0.3 is 16.2 Å². The van der Waals surface area contributed by atoms with Crippen LogP contribution in [0, 0.1) is 0 Å². The van der Waals surface area contributed by atoms with E-state index >= 15 is 0 Å². The lowest BCUT2D eigenvalue weighted by atomic mass is 10.0. The highest BCUT2D eigenvalue weighted by molar-refractivity contribution is 5.79. The first-order valence-electron chi connectivity index (χ1n) is 5.88. The van der Waals surface area contributed by atoms with Crippen LogP contribution >= 0.6 is 0 Å². The maximum absolute atomic E-state index is 11.7. The normalized spacial score (nSPS) is 12.2. The Hall–Kier alpha value is -1.39. The topological polar surface area (TPSA) is 75.3 Å². The highest BCUT2D eigenvalue weighted by Crippen LogP contribution is 2.08. The number of benzene rings is 1. The molecule has 0 aromatic heterocycles. The van der Waals surface area contributed by atoms with Crippen molar-refractivity contribution >= 4 is 5.91 Å². The number of carbonyl (C=O) groups excluding carboxylic acids is 1. The van der Waals surface area contributed by atoms with E-state index in [4.69, 9.17) is 10.8 Å². The predicted molar refractivity (Wildman–Crippen MR) is 67.3 cm³/mol. The van der Waals surface area contributed by atoms with E-state index in [1.54, 1.807) is 0 Å². The van der Waals surface area contributed by atoms with Crippen molar-refractivity contribution in [3.63, 3.8) is 0 Å². The molecule has 4 N–H and O–H groups in total. The monoisotopic (exact) mass is 236 g/mol. The SMILES string of the molecule is CCC(CO)NC(=O)Cc1ccccc1CN. The molecular weight excluding hydrogens is 216 g/mol. The molecule has 94 valence electrons. The van der Waals surface area contributed by atoms with E-state index in [0.29, 0.717) is 13.0 Å². The van der Waals surface area contributed by atoms with Crippen LogP contribution in [0.1, 0.15) is 24.5 Å². The fourth-order valence-electron chi connectivity index (χ4n) is 1.66. The second-order valence-corrected chi connectivity index (χ2v) is 4.00. The Morgan fingerprint density at radius 3 is 2.59 bits per heavy atom. The van der Waals surface area contributed by atoms with E-state index in [-0.39, 0.29) is 18.6 Å². The van der Waals surface area contributed by atoms with Crippen LogP contribution in [-0.4, -0.2) is 23.7 Å². The molecule has 0 aliphatic carbocycles. The van der Waals surface area contributed by atoms with Crippen LogP contribution in [0.15, 0.2) is 24.3 Å². The average Bonchev–Trinajstić information content (AvgIpc) is 2.36. The van der Waals surface area contributed by atoms with Crippen LogP contribution in [0.3, 0.4) is 0 Å². The number of hydrogen-bond donors (Lipinski definition) is 3. The predicted octanol–water partition coefficient (Wildman–Crippen LogP) is 0.575. The second-order valence-electron chi connectivity index (χ2n) is 4.00. The number of amides is 1. The standard InChI is InChI=1S/C13H20N2O2/c1-2-12(9-16)15-13(17)7-10-5-3-4-6-11(10)8-14/h3-6,12,16H,2,7-9,14H2,1H3,(H,15,17). The molecular formula is C13H20N2O2. The molecule has 1 unspecified atom stereocenters. The molecule has 0 saturated carbocycles. The molecule has 0 saturated heterocycles. The summed E-state index contributed by atoms with van der Waals surface area (Å²) in [5.74, 6) is -0.0770. The van der Waals surface area contributed by atoms with Gasteiger partial charge in [-0.15, -0.1) is 0 Å². The zero-order valence-electron chi connectivity index (χ0n) is 10.1. The van der Waals surface area contributed by atoms with E-state index < -0.39 is 0 Å².